The van der Waals surface area contributed by atoms with Crippen molar-refractivity contribution in [1.82, 2.24) is 9.88 Å². The van der Waals surface area contributed by atoms with Crippen molar-refractivity contribution in [2.24, 2.45) is 0 Å². The summed E-state index contributed by atoms with van der Waals surface area (Å²) >= 11 is 0. The van der Waals surface area contributed by atoms with Gasteiger partial charge in [-0.25, -0.2) is 14.6 Å². The summed E-state index contributed by atoms with van der Waals surface area (Å²) in [4.78, 5) is 28.4. The summed E-state index contributed by atoms with van der Waals surface area (Å²) in [6.07, 6.45) is 2.26. The van der Waals surface area contributed by atoms with Crippen molar-refractivity contribution in [3.05, 3.63) is 17.8 Å². The van der Waals surface area contributed by atoms with Crippen LogP contribution in [0.25, 0.3) is 0 Å². The number of aromatic nitrogens is 1. The van der Waals surface area contributed by atoms with E-state index in [1.54, 1.807) is 4.90 Å². The smallest absolute Gasteiger partial charge is 0.410 e. The van der Waals surface area contributed by atoms with E-state index in [4.69, 9.17) is 14.3 Å². The highest BCUT2D eigenvalue weighted by Gasteiger charge is 2.29. The number of nitrogens with zero attached hydrogens (tertiary/aromatic N) is 2. The number of amides is 1. The summed E-state index contributed by atoms with van der Waals surface area (Å²) in [7, 11) is 0. The van der Waals surface area contributed by atoms with Gasteiger partial charge in [0.1, 0.15) is 5.60 Å². The Morgan fingerprint density at radius 1 is 1.38 bits per heavy atom. The zero-order valence-electron chi connectivity index (χ0n) is 12.5. The van der Waals surface area contributed by atoms with E-state index in [1.807, 2.05) is 20.8 Å². The van der Waals surface area contributed by atoms with E-state index >= 15 is 0 Å². The fraction of sp³-hybridized carbons (Fsp3) is 0.643. The molecule has 7 nitrogen and oxygen atoms in total. The van der Waals surface area contributed by atoms with Crippen LogP contribution in [0.2, 0.25) is 0 Å². The number of piperidine rings is 1. The lowest BCUT2D eigenvalue weighted by molar-refractivity contribution is 0.0199. The largest absolute Gasteiger partial charge is 0.475 e. The molecular weight excluding hydrogens is 276 g/mol. The number of carboxylic acid groups (broad SMARTS) is 1. The van der Waals surface area contributed by atoms with Crippen molar-refractivity contribution >= 4 is 12.1 Å². The first-order valence-corrected chi connectivity index (χ1v) is 6.93. The minimum Gasteiger partial charge on any atom is -0.475 e. The Bertz CT molecular complexity index is 524. The molecule has 21 heavy (non-hydrogen) atoms. The van der Waals surface area contributed by atoms with E-state index in [-0.39, 0.29) is 17.8 Å². The lowest BCUT2D eigenvalue weighted by Gasteiger charge is -2.32. The number of carbonyl (C=O) groups is 2. The van der Waals surface area contributed by atoms with Gasteiger partial charge in [0.2, 0.25) is 5.76 Å². The molecule has 0 aromatic carbocycles. The number of aromatic carboxylic acids is 1. The third-order valence-electron chi connectivity index (χ3n) is 3.23. The van der Waals surface area contributed by atoms with Crippen LogP contribution >= 0.6 is 0 Å². The van der Waals surface area contributed by atoms with Crippen LogP contribution in [-0.2, 0) is 4.74 Å². The molecule has 1 aromatic rings. The number of oxazole rings is 1. The first kappa shape index (κ1) is 15.3. The summed E-state index contributed by atoms with van der Waals surface area (Å²) in [6.45, 7) is 6.59. The maximum Gasteiger partial charge on any atom is 0.410 e. The first-order chi connectivity index (χ1) is 9.76. The number of carboxylic acids is 1. The van der Waals surface area contributed by atoms with Gasteiger partial charge >= 0.3 is 12.1 Å². The molecule has 0 unspecified atom stereocenters. The SMILES string of the molecule is CC(C)(C)OC(=O)N1CCC(c2ncc(C(=O)O)o2)CC1. The van der Waals surface area contributed by atoms with E-state index in [9.17, 15) is 9.59 Å². The molecule has 1 aromatic heterocycles. The monoisotopic (exact) mass is 296 g/mol. The zero-order chi connectivity index (χ0) is 15.6. The van der Waals surface area contributed by atoms with Gasteiger partial charge < -0.3 is 19.2 Å². The molecule has 0 atom stereocenters. The van der Waals surface area contributed by atoms with E-state index in [1.165, 1.54) is 6.20 Å². The maximum absolute atomic E-state index is 11.9. The number of likely N-dealkylation sites (tertiary alicyclic amines) is 1. The van der Waals surface area contributed by atoms with E-state index in [0.29, 0.717) is 31.8 Å². The first-order valence-electron chi connectivity index (χ1n) is 6.93. The molecule has 7 heteroatoms. The van der Waals surface area contributed by atoms with Crippen LogP contribution in [0.5, 0.6) is 0 Å². The molecule has 0 spiro atoms. The molecule has 1 amide bonds. The molecule has 0 radical (unpaired) electrons. The molecule has 0 bridgehead atoms. The second-order valence-electron chi connectivity index (χ2n) is 6.11. The molecule has 1 N–H and O–H groups in total. The third kappa shape index (κ3) is 3.96. The molecule has 1 aliphatic rings. The normalized spacial score (nSPS) is 16.8. The number of hydrogen-bond donors (Lipinski definition) is 1. The minimum atomic E-state index is -1.13. The Labute approximate surface area is 122 Å². The van der Waals surface area contributed by atoms with Crippen LogP contribution in [0.15, 0.2) is 10.6 Å². The maximum atomic E-state index is 11.9. The minimum absolute atomic E-state index is 0.0387. The van der Waals surface area contributed by atoms with Gasteiger partial charge in [-0.15, -0.1) is 0 Å². The Kier molecular flexibility index (Phi) is 4.20. The predicted octanol–water partition coefficient (Wildman–Crippen LogP) is 2.49. The highest BCUT2D eigenvalue weighted by Crippen LogP contribution is 2.28. The Morgan fingerprint density at radius 3 is 2.48 bits per heavy atom. The van der Waals surface area contributed by atoms with Gasteiger partial charge in [-0.1, -0.05) is 0 Å². The summed E-state index contributed by atoms with van der Waals surface area (Å²) in [5, 5.41) is 8.82. The van der Waals surface area contributed by atoms with Gasteiger partial charge in [-0.05, 0) is 33.6 Å². The molecule has 0 aliphatic carbocycles. The van der Waals surface area contributed by atoms with Crippen molar-refractivity contribution in [1.29, 1.82) is 0 Å². The quantitative estimate of drug-likeness (QED) is 0.901. The second kappa shape index (κ2) is 5.75. The van der Waals surface area contributed by atoms with Crippen LogP contribution in [0.1, 0.15) is 56.0 Å². The van der Waals surface area contributed by atoms with E-state index in [2.05, 4.69) is 4.98 Å². The fourth-order valence-electron chi connectivity index (χ4n) is 2.21. The molecule has 116 valence electrons. The molecule has 1 fully saturated rings. The number of carbonyl (C=O) groups excluding carboxylic acids is 1. The fourth-order valence-corrected chi connectivity index (χ4v) is 2.21. The highest BCUT2D eigenvalue weighted by molar-refractivity contribution is 5.83. The molecule has 1 aliphatic heterocycles. The molecule has 1 saturated heterocycles. The number of rotatable bonds is 2. The zero-order valence-corrected chi connectivity index (χ0v) is 12.5. The van der Waals surface area contributed by atoms with Crippen molar-refractivity contribution in [2.75, 3.05) is 13.1 Å². The van der Waals surface area contributed by atoms with Crippen molar-refractivity contribution in [3.8, 4) is 0 Å². The second-order valence-corrected chi connectivity index (χ2v) is 6.11. The van der Waals surface area contributed by atoms with Gasteiger partial charge in [-0.3, -0.25) is 0 Å². The van der Waals surface area contributed by atoms with Crippen molar-refractivity contribution in [2.45, 2.75) is 45.1 Å². The summed E-state index contributed by atoms with van der Waals surface area (Å²) in [5.41, 5.74) is -0.507. The Hall–Kier alpha value is -2.05. The Balaban J connectivity index is 1.90. The standard InChI is InChI=1S/C14H20N2O5/c1-14(2,3)21-13(19)16-6-4-9(5-7-16)11-15-8-10(20-11)12(17)18/h8-9H,4-7H2,1-3H3,(H,17,18). The van der Waals surface area contributed by atoms with Crippen LogP contribution in [0, 0.1) is 0 Å². The lowest BCUT2D eigenvalue weighted by Crippen LogP contribution is -2.41. The van der Waals surface area contributed by atoms with Crippen LogP contribution < -0.4 is 0 Å². The van der Waals surface area contributed by atoms with Crippen LogP contribution in [0.4, 0.5) is 4.79 Å². The van der Waals surface area contributed by atoms with Gasteiger partial charge in [0.15, 0.2) is 5.89 Å². The van der Waals surface area contributed by atoms with Crippen LogP contribution in [-0.4, -0.2) is 45.7 Å². The van der Waals surface area contributed by atoms with E-state index in [0.717, 1.165) is 0 Å². The summed E-state index contributed by atoms with van der Waals surface area (Å²) in [6, 6.07) is 0. The molecular formula is C14H20N2O5. The van der Waals surface area contributed by atoms with Crippen LogP contribution in [0.3, 0.4) is 0 Å². The molecule has 2 heterocycles. The van der Waals surface area contributed by atoms with Gasteiger partial charge in [0, 0.05) is 19.0 Å². The Morgan fingerprint density at radius 2 is 2.00 bits per heavy atom. The van der Waals surface area contributed by atoms with Crippen molar-refractivity contribution in [3.63, 3.8) is 0 Å². The van der Waals surface area contributed by atoms with Gasteiger partial charge in [-0.2, -0.15) is 0 Å². The topological polar surface area (TPSA) is 92.9 Å². The average Bonchev–Trinajstić information content (AvgIpc) is 2.86. The highest BCUT2D eigenvalue weighted by atomic mass is 16.6. The van der Waals surface area contributed by atoms with Gasteiger partial charge in [0.05, 0.1) is 6.20 Å². The molecule has 0 saturated carbocycles. The number of hydrogen-bond acceptors (Lipinski definition) is 5. The van der Waals surface area contributed by atoms with E-state index < -0.39 is 11.6 Å². The predicted molar refractivity (Wildman–Crippen MR) is 73.2 cm³/mol. The third-order valence-corrected chi connectivity index (χ3v) is 3.23. The summed E-state index contributed by atoms with van der Waals surface area (Å²) in [5.74, 6) is -0.812. The molecule has 2 rings (SSSR count). The summed E-state index contributed by atoms with van der Waals surface area (Å²) < 4.78 is 10.5. The van der Waals surface area contributed by atoms with Gasteiger partial charge in [0.25, 0.3) is 0 Å². The lowest BCUT2D eigenvalue weighted by atomic mass is 9.97. The average molecular weight is 296 g/mol. The number of ether oxygens (including phenoxy) is 1. The van der Waals surface area contributed by atoms with Crippen molar-refractivity contribution < 1.29 is 23.8 Å².